The van der Waals surface area contributed by atoms with Crippen molar-refractivity contribution in [3.05, 3.63) is 35.6 Å². The molecule has 0 saturated carbocycles. The molecule has 1 fully saturated rings. The lowest BCUT2D eigenvalue weighted by Crippen LogP contribution is -2.52. The zero-order valence-corrected chi connectivity index (χ0v) is 11.4. The summed E-state index contributed by atoms with van der Waals surface area (Å²) in [6.45, 7) is 0.947. The number of aliphatic carboxylic acids is 1. The van der Waals surface area contributed by atoms with E-state index in [1.54, 1.807) is 12.1 Å². The molecule has 0 aromatic heterocycles. The van der Waals surface area contributed by atoms with Gasteiger partial charge in [0.15, 0.2) is 6.10 Å². The van der Waals surface area contributed by atoms with Crippen molar-refractivity contribution in [3.8, 4) is 0 Å². The molecule has 2 amide bonds. The summed E-state index contributed by atoms with van der Waals surface area (Å²) in [5.41, 5.74) is 0.792. The summed E-state index contributed by atoms with van der Waals surface area (Å²) in [6, 6.07) is 5.85. The maximum Gasteiger partial charge on any atom is 0.334 e. The van der Waals surface area contributed by atoms with Crippen molar-refractivity contribution in [1.82, 2.24) is 10.2 Å². The van der Waals surface area contributed by atoms with Crippen LogP contribution in [0.3, 0.4) is 0 Å². The molecule has 0 aliphatic carbocycles. The number of hydrogen-bond acceptors (Lipinski definition) is 3. The van der Waals surface area contributed by atoms with Crippen LogP contribution in [-0.4, -0.2) is 54.4 Å². The summed E-state index contributed by atoms with van der Waals surface area (Å²) in [5.74, 6) is -1.39. The number of carboxylic acid groups (broad SMARTS) is 1. The average Bonchev–Trinajstić information content (AvgIpc) is 2.47. The molecule has 2 N–H and O–H groups in total. The van der Waals surface area contributed by atoms with E-state index in [0.29, 0.717) is 19.5 Å². The van der Waals surface area contributed by atoms with Crippen LogP contribution in [0.5, 0.6) is 0 Å². The van der Waals surface area contributed by atoms with Gasteiger partial charge in [-0.2, -0.15) is 0 Å². The molecule has 1 saturated heterocycles. The second-order valence-corrected chi connectivity index (χ2v) is 4.76. The van der Waals surface area contributed by atoms with E-state index in [2.05, 4.69) is 5.32 Å². The zero-order valence-electron chi connectivity index (χ0n) is 11.4. The van der Waals surface area contributed by atoms with E-state index >= 15 is 0 Å². The number of hydrogen-bond donors (Lipinski definition) is 2. The fraction of sp³-hybridized carbons (Fsp3) is 0.429. The molecule has 114 valence electrons. The number of carboxylic acids is 1. The molecule has 1 aliphatic heterocycles. The first-order chi connectivity index (χ1) is 10.1. The maximum absolute atomic E-state index is 13.0. The molecule has 0 spiro atoms. The Kier molecular flexibility index (Phi) is 5.10. The minimum absolute atomic E-state index is 0.0289. The molecule has 2 rings (SSSR count). The second-order valence-electron chi connectivity index (χ2n) is 4.76. The molecule has 1 aromatic rings. The number of morpholine rings is 1. The summed E-state index contributed by atoms with van der Waals surface area (Å²) in [6.07, 6.45) is -0.469. The van der Waals surface area contributed by atoms with Crippen molar-refractivity contribution in [2.45, 2.75) is 12.5 Å². The Bertz CT molecular complexity index is 523. The largest absolute Gasteiger partial charge is 0.479 e. The third-order valence-corrected chi connectivity index (χ3v) is 3.21. The molecule has 1 aromatic carbocycles. The van der Waals surface area contributed by atoms with Gasteiger partial charge < -0.3 is 20.1 Å². The Labute approximate surface area is 121 Å². The summed E-state index contributed by atoms with van der Waals surface area (Å²) in [4.78, 5) is 24.2. The molecule has 21 heavy (non-hydrogen) atoms. The summed E-state index contributed by atoms with van der Waals surface area (Å²) in [5, 5.41) is 11.6. The quantitative estimate of drug-likeness (QED) is 0.864. The predicted molar refractivity (Wildman–Crippen MR) is 72.5 cm³/mol. The van der Waals surface area contributed by atoms with E-state index in [-0.39, 0.29) is 25.0 Å². The van der Waals surface area contributed by atoms with Gasteiger partial charge in [0.05, 0.1) is 13.2 Å². The highest BCUT2D eigenvalue weighted by molar-refractivity contribution is 5.77. The van der Waals surface area contributed by atoms with Crippen LogP contribution in [0.2, 0.25) is 0 Å². The number of rotatable bonds is 4. The van der Waals surface area contributed by atoms with Crippen LogP contribution < -0.4 is 5.32 Å². The van der Waals surface area contributed by atoms with Crippen LogP contribution in [0.4, 0.5) is 9.18 Å². The Morgan fingerprint density at radius 1 is 1.48 bits per heavy atom. The van der Waals surface area contributed by atoms with Crippen molar-refractivity contribution in [2.24, 2.45) is 0 Å². The number of halogens is 1. The zero-order chi connectivity index (χ0) is 15.2. The third kappa shape index (κ3) is 4.42. The fourth-order valence-corrected chi connectivity index (χ4v) is 2.10. The SMILES string of the molecule is O=C(O)C1CN(C(=O)NCCc2cccc(F)c2)CCO1. The van der Waals surface area contributed by atoms with Crippen LogP contribution in [0.15, 0.2) is 24.3 Å². The summed E-state index contributed by atoms with van der Waals surface area (Å²) < 4.78 is 18.0. The second kappa shape index (κ2) is 7.03. The minimum atomic E-state index is -1.08. The van der Waals surface area contributed by atoms with Gasteiger partial charge in [0.2, 0.25) is 0 Å². The Hall–Kier alpha value is -2.15. The highest BCUT2D eigenvalue weighted by Gasteiger charge is 2.28. The average molecular weight is 296 g/mol. The van der Waals surface area contributed by atoms with Crippen LogP contribution in [0, 0.1) is 5.82 Å². The number of amides is 2. The van der Waals surface area contributed by atoms with Gasteiger partial charge in [0, 0.05) is 13.1 Å². The van der Waals surface area contributed by atoms with Gasteiger partial charge in [-0.15, -0.1) is 0 Å². The van der Waals surface area contributed by atoms with Crippen LogP contribution >= 0.6 is 0 Å². The van der Waals surface area contributed by atoms with Gasteiger partial charge in [-0.05, 0) is 24.1 Å². The van der Waals surface area contributed by atoms with E-state index in [4.69, 9.17) is 9.84 Å². The molecule has 1 unspecified atom stereocenters. The molecular formula is C14H17FN2O4. The first-order valence-electron chi connectivity index (χ1n) is 6.68. The lowest BCUT2D eigenvalue weighted by molar-refractivity contribution is -0.154. The third-order valence-electron chi connectivity index (χ3n) is 3.21. The van der Waals surface area contributed by atoms with Gasteiger partial charge in [-0.3, -0.25) is 0 Å². The number of ether oxygens (including phenoxy) is 1. The summed E-state index contributed by atoms with van der Waals surface area (Å²) in [7, 11) is 0. The first kappa shape index (κ1) is 15.2. The first-order valence-corrected chi connectivity index (χ1v) is 6.68. The van der Waals surface area contributed by atoms with Crippen molar-refractivity contribution < 1.29 is 23.8 Å². The molecule has 1 heterocycles. The number of carbonyl (C=O) groups is 2. The highest BCUT2D eigenvalue weighted by atomic mass is 19.1. The van der Waals surface area contributed by atoms with Crippen LogP contribution in [0.25, 0.3) is 0 Å². The number of carbonyl (C=O) groups excluding carboxylic acids is 1. The molecule has 6 nitrogen and oxygen atoms in total. The summed E-state index contributed by atoms with van der Waals surface area (Å²) >= 11 is 0. The molecule has 7 heteroatoms. The van der Waals surface area contributed by atoms with Crippen LogP contribution in [0.1, 0.15) is 5.56 Å². The molecule has 1 aliphatic rings. The predicted octanol–water partition coefficient (Wildman–Crippen LogP) is 0.863. The maximum atomic E-state index is 13.0. The Balaban J connectivity index is 1.78. The van der Waals surface area contributed by atoms with E-state index < -0.39 is 12.1 Å². The van der Waals surface area contributed by atoms with E-state index in [1.807, 2.05) is 0 Å². The van der Waals surface area contributed by atoms with Crippen molar-refractivity contribution >= 4 is 12.0 Å². The van der Waals surface area contributed by atoms with E-state index in [9.17, 15) is 14.0 Å². The standard InChI is InChI=1S/C14H17FN2O4/c15-11-3-1-2-10(8-11)4-5-16-14(20)17-6-7-21-12(9-17)13(18)19/h1-3,8,12H,4-7,9H2,(H,16,20)(H,18,19). The monoisotopic (exact) mass is 296 g/mol. The van der Waals surface area contributed by atoms with Crippen LogP contribution in [-0.2, 0) is 16.0 Å². The van der Waals surface area contributed by atoms with Gasteiger partial charge in [-0.1, -0.05) is 12.1 Å². The smallest absolute Gasteiger partial charge is 0.334 e. The number of urea groups is 1. The lowest BCUT2D eigenvalue weighted by Gasteiger charge is -2.30. The van der Waals surface area contributed by atoms with E-state index in [1.165, 1.54) is 17.0 Å². The Morgan fingerprint density at radius 3 is 3.00 bits per heavy atom. The van der Waals surface area contributed by atoms with Gasteiger partial charge in [0.25, 0.3) is 0 Å². The number of nitrogens with one attached hydrogen (secondary N) is 1. The Morgan fingerprint density at radius 2 is 2.29 bits per heavy atom. The van der Waals surface area contributed by atoms with Gasteiger partial charge in [-0.25, -0.2) is 14.0 Å². The van der Waals surface area contributed by atoms with E-state index in [0.717, 1.165) is 5.56 Å². The topological polar surface area (TPSA) is 78.9 Å². The number of benzene rings is 1. The molecular weight excluding hydrogens is 279 g/mol. The normalized spacial score (nSPS) is 18.3. The van der Waals surface area contributed by atoms with Gasteiger partial charge >= 0.3 is 12.0 Å². The minimum Gasteiger partial charge on any atom is -0.479 e. The van der Waals surface area contributed by atoms with Crippen molar-refractivity contribution in [1.29, 1.82) is 0 Å². The molecule has 1 atom stereocenters. The molecule has 0 radical (unpaired) electrons. The lowest BCUT2D eigenvalue weighted by atomic mass is 10.1. The molecule has 0 bridgehead atoms. The highest BCUT2D eigenvalue weighted by Crippen LogP contribution is 2.06. The fourth-order valence-electron chi connectivity index (χ4n) is 2.10. The number of nitrogens with zero attached hydrogens (tertiary/aromatic N) is 1. The van der Waals surface area contributed by atoms with Gasteiger partial charge in [0.1, 0.15) is 5.82 Å². The van der Waals surface area contributed by atoms with Crippen molar-refractivity contribution in [3.63, 3.8) is 0 Å². The van der Waals surface area contributed by atoms with Crippen molar-refractivity contribution in [2.75, 3.05) is 26.2 Å².